The number of hydrogen-bond donors (Lipinski definition) is 1. The fourth-order valence-electron chi connectivity index (χ4n) is 0.929. The van der Waals surface area contributed by atoms with E-state index in [0.717, 1.165) is 11.4 Å². The molecule has 0 unspecified atom stereocenters. The summed E-state index contributed by atoms with van der Waals surface area (Å²) in [5.74, 6) is -0.690. The van der Waals surface area contributed by atoms with Crippen molar-refractivity contribution in [3.8, 4) is 0 Å². The summed E-state index contributed by atoms with van der Waals surface area (Å²) in [5, 5.41) is 0. The Morgan fingerprint density at radius 2 is 1.88 bits per heavy atom. The van der Waals surface area contributed by atoms with Crippen molar-refractivity contribution in [3.63, 3.8) is 0 Å². The molecule has 1 N–H and O–H groups in total. The van der Waals surface area contributed by atoms with E-state index in [1.54, 1.807) is 11.6 Å². The zero-order chi connectivity index (χ0) is 13.5. The Bertz CT molecular complexity index is 366. The average molecular weight is 268 g/mol. The molecule has 0 bridgehead atoms. The van der Waals surface area contributed by atoms with Gasteiger partial charge in [0, 0.05) is 6.54 Å². The number of hydrogen-bond acceptors (Lipinski definition) is 6. The standard InChI is InChI=1S/C8H16N2O6S/c1-4-10(6-7(11)16-5-2)17(13,14)9-8(12)15-3/h4-6H2,1-3H3,(H,9,12). The van der Waals surface area contributed by atoms with Crippen molar-refractivity contribution in [2.45, 2.75) is 13.8 Å². The lowest BCUT2D eigenvalue weighted by Gasteiger charge is -2.18. The molecule has 0 aromatic carbocycles. The molecule has 0 radical (unpaired) electrons. The van der Waals surface area contributed by atoms with Crippen LogP contribution in [0.2, 0.25) is 0 Å². The Morgan fingerprint density at radius 1 is 1.29 bits per heavy atom. The lowest BCUT2D eigenvalue weighted by Crippen LogP contribution is -2.45. The second-order valence-electron chi connectivity index (χ2n) is 2.83. The molecule has 0 atom stereocenters. The summed E-state index contributed by atoms with van der Waals surface area (Å²) in [6.45, 7) is 2.84. The van der Waals surface area contributed by atoms with Gasteiger partial charge in [-0.2, -0.15) is 12.7 Å². The van der Waals surface area contributed by atoms with Gasteiger partial charge in [-0.15, -0.1) is 0 Å². The molecule has 0 aromatic heterocycles. The number of carbonyl (C=O) groups is 2. The van der Waals surface area contributed by atoms with Crippen molar-refractivity contribution < 1.29 is 27.5 Å². The molecule has 0 saturated heterocycles. The molecule has 0 aliphatic rings. The first-order chi connectivity index (χ1) is 7.87. The number of amides is 1. The lowest BCUT2D eigenvalue weighted by molar-refractivity contribution is -0.143. The fourth-order valence-corrected chi connectivity index (χ4v) is 1.97. The summed E-state index contributed by atoms with van der Waals surface area (Å²) >= 11 is 0. The van der Waals surface area contributed by atoms with Gasteiger partial charge in [-0.3, -0.25) is 4.79 Å². The highest BCUT2D eigenvalue weighted by Crippen LogP contribution is 1.98. The number of carbonyl (C=O) groups excluding carboxylic acids is 2. The number of esters is 1. The number of nitrogens with one attached hydrogen (secondary N) is 1. The van der Waals surface area contributed by atoms with Gasteiger partial charge in [-0.05, 0) is 6.92 Å². The van der Waals surface area contributed by atoms with Gasteiger partial charge in [-0.25, -0.2) is 9.52 Å². The topological polar surface area (TPSA) is 102 Å². The van der Waals surface area contributed by atoms with Crippen LogP contribution in [0.4, 0.5) is 4.79 Å². The molecular weight excluding hydrogens is 252 g/mol. The predicted molar refractivity (Wildman–Crippen MR) is 58.3 cm³/mol. The predicted octanol–water partition coefficient (Wildman–Crippen LogP) is -0.528. The zero-order valence-electron chi connectivity index (χ0n) is 9.93. The summed E-state index contributed by atoms with van der Waals surface area (Å²) in [5.41, 5.74) is 0. The molecule has 1 amide bonds. The van der Waals surface area contributed by atoms with Crippen LogP contribution in [0, 0.1) is 0 Å². The molecule has 9 heteroatoms. The van der Waals surface area contributed by atoms with Gasteiger partial charge in [0.05, 0.1) is 13.7 Å². The Morgan fingerprint density at radius 3 is 2.29 bits per heavy atom. The summed E-state index contributed by atoms with van der Waals surface area (Å²) in [6.07, 6.45) is -1.12. The van der Waals surface area contributed by atoms with Gasteiger partial charge in [0.2, 0.25) is 0 Å². The molecule has 0 fully saturated rings. The first-order valence-corrected chi connectivity index (χ1v) is 6.32. The van der Waals surface area contributed by atoms with Crippen LogP contribution in [0.25, 0.3) is 0 Å². The largest absolute Gasteiger partial charge is 0.465 e. The minimum Gasteiger partial charge on any atom is -0.465 e. The van der Waals surface area contributed by atoms with E-state index in [1.165, 1.54) is 6.92 Å². The van der Waals surface area contributed by atoms with Crippen LogP contribution >= 0.6 is 0 Å². The quantitative estimate of drug-likeness (QED) is 0.650. The van der Waals surface area contributed by atoms with E-state index >= 15 is 0 Å². The van der Waals surface area contributed by atoms with E-state index < -0.39 is 28.8 Å². The van der Waals surface area contributed by atoms with E-state index in [4.69, 9.17) is 0 Å². The molecule has 0 rings (SSSR count). The van der Waals surface area contributed by atoms with Gasteiger partial charge in [0.1, 0.15) is 6.54 Å². The van der Waals surface area contributed by atoms with Crippen molar-refractivity contribution in [3.05, 3.63) is 0 Å². The second-order valence-corrected chi connectivity index (χ2v) is 4.50. The van der Waals surface area contributed by atoms with Crippen LogP contribution in [0.5, 0.6) is 0 Å². The second kappa shape index (κ2) is 7.07. The summed E-state index contributed by atoms with van der Waals surface area (Å²) in [4.78, 5) is 21.9. The summed E-state index contributed by atoms with van der Waals surface area (Å²) < 4.78 is 34.3. The monoisotopic (exact) mass is 268 g/mol. The van der Waals surface area contributed by atoms with Crippen LogP contribution in [0.15, 0.2) is 0 Å². The Kier molecular flexibility index (Phi) is 6.51. The van der Waals surface area contributed by atoms with Crippen LogP contribution < -0.4 is 4.72 Å². The van der Waals surface area contributed by atoms with Gasteiger partial charge in [0.15, 0.2) is 0 Å². The molecule has 100 valence electrons. The van der Waals surface area contributed by atoms with Crippen LogP contribution in [-0.2, 0) is 24.5 Å². The van der Waals surface area contributed by atoms with Crippen molar-refractivity contribution in [2.24, 2.45) is 0 Å². The Balaban J connectivity index is 4.63. The maximum atomic E-state index is 11.6. The van der Waals surface area contributed by atoms with Crippen LogP contribution in [0.3, 0.4) is 0 Å². The summed E-state index contributed by atoms with van der Waals surface area (Å²) in [6, 6.07) is 0. The Hall–Kier alpha value is -1.35. The van der Waals surface area contributed by atoms with Gasteiger partial charge < -0.3 is 9.47 Å². The normalized spacial score (nSPS) is 11.1. The van der Waals surface area contributed by atoms with E-state index in [0.29, 0.717) is 0 Å². The SMILES string of the molecule is CCOC(=O)CN(CC)S(=O)(=O)NC(=O)OC. The maximum absolute atomic E-state index is 11.6. The molecule has 0 aromatic rings. The van der Waals surface area contributed by atoms with Crippen LogP contribution in [-0.4, -0.2) is 51.6 Å². The molecule has 8 nitrogen and oxygen atoms in total. The van der Waals surface area contributed by atoms with E-state index in [2.05, 4.69) is 9.47 Å². The van der Waals surface area contributed by atoms with Crippen molar-refractivity contribution in [2.75, 3.05) is 26.8 Å². The van der Waals surface area contributed by atoms with Gasteiger partial charge >= 0.3 is 22.3 Å². The molecular formula is C8H16N2O6S. The highest BCUT2D eigenvalue weighted by Gasteiger charge is 2.25. The van der Waals surface area contributed by atoms with Crippen molar-refractivity contribution >= 4 is 22.3 Å². The first kappa shape index (κ1) is 15.7. The third kappa shape index (κ3) is 5.50. The number of ether oxygens (including phenoxy) is 2. The number of nitrogens with zero attached hydrogens (tertiary/aromatic N) is 1. The number of rotatable bonds is 6. The van der Waals surface area contributed by atoms with Crippen molar-refractivity contribution in [1.29, 1.82) is 0 Å². The minimum absolute atomic E-state index is 0.0190. The van der Waals surface area contributed by atoms with Gasteiger partial charge in [-0.1, -0.05) is 6.92 Å². The molecule has 0 aliphatic carbocycles. The molecule has 0 aliphatic heterocycles. The molecule has 0 heterocycles. The maximum Gasteiger partial charge on any atom is 0.421 e. The smallest absolute Gasteiger partial charge is 0.421 e. The minimum atomic E-state index is -4.09. The molecule has 0 spiro atoms. The van der Waals surface area contributed by atoms with E-state index in [1.807, 2.05) is 0 Å². The van der Waals surface area contributed by atoms with E-state index in [9.17, 15) is 18.0 Å². The molecule has 0 saturated carbocycles. The molecule has 17 heavy (non-hydrogen) atoms. The lowest BCUT2D eigenvalue weighted by atomic mass is 10.6. The third-order valence-electron chi connectivity index (χ3n) is 1.70. The fraction of sp³-hybridized carbons (Fsp3) is 0.750. The first-order valence-electron chi connectivity index (χ1n) is 4.88. The third-order valence-corrected chi connectivity index (χ3v) is 3.19. The highest BCUT2D eigenvalue weighted by molar-refractivity contribution is 7.87. The van der Waals surface area contributed by atoms with Gasteiger partial charge in [0.25, 0.3) is 0 Å². The number of likely N-dealkylation sites (N-methyl/N-ethyl adjacent to an activating group) is 1. The number of methoxy groups -OCH3 is 1. The summed E-state index contributed by atoms with van der Waals surface area (Å²) in [7, 11) is -3.05. The van der Waals surface area contributed by atoms with Crippen molar-refractivity contribution in [1.82, 2.24) is 9.03 Å². The Labute approximate surface area is 100 Å². The van der Waals surface area contributed by atoms with Crippen LogP contribution in [0.1, 0.15) is 13.8 Å². The zero-order valence-corrected chi connectivity index (χ0v) is 10.7. The average Bonchev–Trinajstić information content (AvgIpc) is 2.25. The van der Waals surface area contributed by atoms with E-state index in [-0.39, 0.29) is 13.2 Å². The highest BCUT2D eigenvalue weighted by atomic mass is 32.2.